The van der Waals surface area contributed by atoms with Crippen LogP contribution in [0.5, 0.6) is 0 Å². The molecule has 0 aliphatic carbocycles. The molecule has 0 heterocycles. The fourth-order valence-corrected chi connectivity index (χ4v) is 1.15. The maximum absolute atomic E-state index is 13.1. The Morgan fingerprint density at radius 1 is 1.36 bits per heavy atom. The Bertz CT molecular complexity index is 265. The monoisotopic (exact) mass is 197 g/mol. The standard InChI is InChI=1S/C11H16FNO/c1-2-14-8-7-13-9-10-5-3-4-6-11(10)12/h3-6,13H,2,7-9H2,1H3. The molecule has 0 radical (unpaired) electrons. The number of nitrogens with one attached hydrogen (secondary N) is 1. The Hall–Kier alpha value is -0.930. The predicted octanol–water partition coefficient (Wildman–Crippen LogP) is 1.95. The van der Waals surface area contributed by atoms with Crippen molar-refractivity contribution in [2.45, 2.75) is 13.5 Å². The summed E-state index contributed by atoms with van der Waals surface area (Å²) < 4.78 is 18.2. The third-order valence-electron chi connectivity index (χ3n) is 1.90. The van der Waals surface area contributed by atoms with Crippen molar-refractivity contribution >= 4 is 0 Å². The predicted molar refractivity (Wildman–Crippen MR) is 54.6 cm³/mol. The van der Waals surface area contributed by atoms with E-state index in [4.69, 9.17) is 4.74 Å². The minimum Gasteiger partial charge on any atom is -0.380 e. The highest BCUT2D eigenvalue weighted by Gasteiger charge is 1.98. The average Bonchev–Trinajstić information content (AvgIpc) is 2.20. The van der Waals surface area contributed by atoms with Crippen molar-refractivity contribution in [1.82, 2.24) is 5.32 Å². The van der Waals surface area contributed by atoms with Crippen molar-refractivity contribution < 1.29 is 9.13 Å². The van der Waals surface area contributed by atoms with Crippen molar-refractivity contribution in [1.29, 1.82) is 0 Å². The largest absolute Gasteiger partial charge is 0.380 e. The van der Waals surface area contributed by atoms with Gasteiger partial charge < -0.3 is 10.1 Å². The molecule has 0 aliphatic heterocycles. The van der Waals surface area contributed by atoms with Crippen LogP contribution in [0.4, 0.5) is 4.39 Å². The molecule has 2 nitrogen and oxygen atoms in total. The van der Waals surface area contributed by atoms with Crippen molar-refractivity contribution in [3.05, 3.63) is 35.6 Å². The smallest absolute Gasteiger partial charge is 0.127 e. The van der Waals surface area contributed by atoms with Gasteiger partial charge in [0.15, 0.2) is 0 Å². The zero-order valence-corrected chi connectivity index (χ0v) is 8.42. The van der Waals surface area contributed by atoms with Crippen molar-refractivity contribution in [2.75, 3.05) is 19.8 Å². The molecule has 0 atom stereocenters. The molecule has 0 amide bonds. The van der Waals surface area contributed by atoms with Gasteiger partial charge in [0.05, 0.1) is 6.61 Å². The Balaban J connectivity index is 2.21. The Kier molecular flexibility index (Phi) is 5.19. The summed E-state index contributed by atoms with van der Waals surface area (Å²) >= 11 is 0. The fourth-order valence-electron chi connectivity index (χ4n) is 1.15. The van der Waals surface area contributed by atoms with Crippen molar-refractivity contribution in [3.8, 4) is 0 Å². The van der Waals surface area contributed by atoms with Crippen LogP contribution in [0, 0.1) is 5.82 Å². The fraction of sp³-hybridized carbons (Fsp3) is 0.455. The van der Waals surface area contributed by atoms with Crippen molar-refractivity contribution in [2.24, 2.45) is 0 Å². The number of hydrogen-bond donors (Lipinski definition) is 1. The van der Waals surface area contributed by atoms with Crippen LogP contribution in [0.15, 0.2) is 24.3 Å². The lowest BCUT2D eigenvalue weighted by atomic mass is 10.2. The van der Waals surface area contributed by atoms with Crippen LogP contribution in [0.2, 0.25) is 0 Å². The summed E-state index contributed by atoms with van der Waals surface area (Å²) in [5.41, 5.74) is 0.698. The Labute approximate surface area is 84.1 Å². The van der Waals surface area contributed by atoms with E-state index in [0.29, 0.717) is 18.7 Å². The molecule has 1 N–H and O–H groups in total. The van der Waals surface area contributed by atoms with Gasteiger partial charge in [0.25, 0.3) is 0 Å². The summed E-state index contributed by atoms with van der Waals surface area (Å²) in [7, 11) is 0. The summed E-state index contributed by atoms with van der Waals surface area (Å²) in [6.45, 7) is 4.66. The molecule has 14 heavy (non-hydrogen) atoms. The topological polar surface area (TPSA) is 21.3 Å². The maximum Gasteiger partial charge on any atom is 0.127 e. The van der Waals surface area contributed by atoms with E-state index in [1.165, 1.54) is 6.07 Å². The summed E-state index contributed by atoms with van der Waals surface area (Å²) in [6.07, 6.45) is 0. The lowest BCUT2D eigenvalue weighted by Gasteiger charge is -2.05. The van der Waals surface area contributed by atoms with E-state index in [2.05, 4.69) is 5.32 Å². The lowest BCUT2D eigenvalue weighted by Crippen LogP contribution is -2.19. The van der Waals surface area contributed by atoms with Crippen LogP contribution in [0.25, 0.3) is 0 Å². The quantitative estimate of drug-likeness (QED) is 0.704. The minimum atomic E-state index is -0.156. The third-order valence-corrected chi connectivity index (χ3v) is 1.90. The van der Waals surface area contributed by atoms with Crippen LogP contribution in [-0.2, 0) is 11.3 Å². The molecule has 0 spiro atoms. The van der Waals surface area contributed by atoms with Gasteiger partial charge in [-0.25, -0.2) is 4.39 Å². The molecule has 0 aliphatic rings. The highest BCUT2D eigenvalue weighted by molar-refractivity contribution is 5.16. The highest BCUT2D eigenvalue weighted by Crippen LogP contribution is 2.04. The molecule has 1 rings (SSSR count). The van der Waals surface area contributed by atoms with E-state index in [-0.39, 0.29) is 5.82 Å². The molecule has 0 bridgehead atoms. The summed E-state index contributed by atoms with van der Waals surface area (Å²) in [5.74, 6) is -0.156. The van der Waals surface area contributed by atoms with Crippen LogP contribution in [0.1, 0.15) is 12.5 Å². The molecule has 3 heteroatoms. The van der Waals surface area contributed by atoms with Gasteiger partial charge in [-0.15, -0.1) is 0 Å². The normalized spacial score (nSPS) is 10.4. The van der Waals surface area contributed by atoms with Gasteiger partial charge in [-0.1, -0.05) is 18.2 Å². The number of rotatable bonds is 6. The van der Waals surface area contributed by atoms with Gasteiger partial charge in [0, 0.05) is 25.3 Å². The number of ether oxygens (including phenoxy) is 1. The van der Waals surface area contributed by atoms with Gasteiger partial charge >= 0.3 is 0 Å². The molecule has 0 fully saturated rings. The first-order valence-corrected chi connectivity index (χ1v) is 4.86. The Morgan fingerprint density at radius 3 is 2.86 bits per heavy atom. The van der Waals surface area contributed by atoms with E-state index in [0.717, 1.165) is 13.2 Å². The molecule has 0 unspecified atom stereocenters. The minimum absolute atomic E-state index is 0.156. The number of hydrogen-bond acceptors (Lipinski definition) is 2. The van der Waals surface area contributed by atoms with Gasteiger partial charge in [-0.3, -0.25) is 0 Å². The van der Waals surface area contributed by atoms with E-state index >= 15 is 0 Å². The van der Waals surface area contributed by atoms with Crippen LogP contribution in [-0.4, -0.2) is 19.8 Å². The van der Waals surface area contributed by atoms with Crippen molar-refractivity contribution in [3.63, 3.8) is 0 Å². The molecule has 1 aromatic carbocycles. The maximum atomic E-state index is 13.1. The first-order chi connectivity index (χ1) is 6.84. The molecule has 0 aromatic heterocycles. The average molecular weight is 197 g/mol. The molecule has 0 saturated carbocycles. The molecule has 0 saturated heterocycles. The van der Waals surface area contributed by atoms with Crippen LogP contribution < -0.4 is 5.32 Å². The summed E-state index contributed by atoms with van der Waals surface area (Å²) in [5, 5.41) is 3.11. The Morgan fingerprint density at radius 2 is 2.14 bits per heavy atom. The van der Waals surface area contributed by atoms with Crippen LogP contribution >= 0.6 is 0 Å². The second-order valence-electron chi connectivity index (χ2n) is 2.97. The lowest BCUT2D eigenvalue weighted by molar-refractivity contribution is 0.149. The van der Waals surface area contributed by atoms with Crippen LogP contribution in [0.3, 0.4) is 0 Å². The SMILES string of the molecule is CCOCCNCc1ccccc1F. The van der Waals surface area contributed by atoms with Gasteiger partial charge in [-0.05, 0) is 13.0 Å². The van der Waals surface area contributed by atoms with Gasteiger partial charge in [0.1, 0.15) is 5.82 Å². The third kappa shape index (κ3) is 3.85. The second-order valence-corrected chi connectivity index (χ2v) is 2.97. The zero-order valence-electron chi connectivity index (χ0n) is 8.42. The van der Waals surface area contributed by atoms with E-state index in [1.807, 2.05) is 13.0 Å². The molecule has 1 aromatic rings. The first kappa shape index (κ1) is 11.1. The zero-order chi connectivity index (χ0) is 10.2. The highest BCUT2D eigenvalue weighted by atomic mass is 19.1. The summed E-state index contributed by atoms with van der Waals surface area (Å²) in [6, 6.07) is 6.78. The molecule has 78 valence electrons. The second kappa shape index (κ2) is 6.51. The van der Waals surface area contributed by atoms with E-state index in [1.54, 1.807) is 12.1 Å². The van der Waals surface area contributed by atoms with Gasteiger partial charge in [-0.2, -0.15) is 0 Å². The van der Waals surface area contributed by atoms with E-state index < -0.39 is 0 Å². The molecular weight excluding hydrogens is 181 g/mol. The number of benzene rings is 1. The number of halogens is 1. The molecular formula is C11H16FNO. The van der Waals surface area contributed by atoms with Gasteiger partial charge in [0.2, 0.25) is 0 Å². The summed E-state index contributed by atoms with van der Waals surface area (Å²) in [4.78, 5) is 0. The first-order valence-electron chi connectivity index (χ1n) is 4.86. The van der Waals surface area contributed by atoms with E-state index in [9.17, 15) is 4.39 Å².